The second-order valence-electron chi connectivity index (χ2n) is 3.79. The molecule has 0 aliphatic rings. The van der Waals surface area contributed by atoms with Gasteiger partial charge in [-0.25, -0.2) is 4.79 Å². The van der Waals surface area contributed by atoms with Gasteiger partial charge in [-0.3, -0.25) is 4.79 Å². The number of hydrogen-bond acceptors (Lipinski definition) is 4. The number of carbonyl (C=O) groups is 2. The standard InChI is InChI=1S/C12H14Cl2N2O3/c1-3-16-11(17)6(2)19-12(18)8-4-7(13)5-9(14)10(8)15/h4-6H,3,15H2,1-2H3,(H,16,17)/t6-/m1/s1. The molecule has 0 aromatic heterocycles. The molecule has 0 spiro atoms. The van der Waals surface area contributed by atoms with Crippen LogP contribution < -0.4 is 11.1 Å². The smallest absolute Gasteiger partial charge is 0.341 e. The third-order valence-electron chi connectivity index (χ3n) is 2.32. The number of esters is 1. The molecule has 1 atom stereocenters. The van der Waals surface area contributed by atoms with Gasteiger partial charge in [0.25, 0.3) is 5.91 Å². The van der Waals surface area contributed by atoms with E-state index in [2.05, 4.69) is 5.32 Å². The third kappa shape index (κ3) is 4.01. The van der Waals surface area contributed by atoms with Crippen LogP contribution in [0.4, 0.5) is 5.69 Å². The normalized spacial score (nSPS) is 11.8. The number of hydrogen-bond donors (Lipinski definition) is 2. The monoisotopic (exact) mass is 304 g/mol. The van der Waals surface area contributed by atoms with E-state index in [1.165, 1.54) is 19.1 Å². The lowest BCUT2D eigenvalue weighted by Crippen LogP contribution is -2.35. The van der Waals surface area contributed by atoms with Crippen LogP contribution in [-0.4, -0.2) is 24.5 Å². The van der Waals surface area contributed by atoms with Crippen molar-refractivity contribution in [1.82, 2.24) is 5.32 Å². The molecule has 3 N–H and O–H groups in total. The largest absolute Gasteiger partial charge is 0.449 e. The molecule has 0 aliphatic carbocycles. The van der Waals surface area contributed by atoms with Gasteiger partial charge in [-0.2, -0.15) is 0 Å². The second-order valence-corrected chi connectivity index (χ2v) is 4.63. The van der Waals surface area contributed by atoms with Crippen LogP contribution in [0, 0.1) is 0 Å². The van der Waals surface area contributed by atoms with Crippen molar-refractivity contribution in [3.05, 3.63) is 27.7 Å². The van der Waals surface area contributed by atoms with Crippen LogP contribution in [0.3, 0.4) is 0 Å². The Kier molecular flexibility index (Phi) is 5.44. The lowest BCUT2D eigenvalue weighted by molar-refractivity contribution is -0.128. The van der Waals surface area contributed by atoms with Gasteiger partial charge in [-0.15, -0.1) is 0 Å². The van der Waals surface area contributed by atoms with Crippen LogP contribution >= 0.6 is 23.2 Å². The fourth-order valence-electron chi connectivity index (χ4n) is 1.35. The van der Waals surface area contributed by atoms with Crippen LogP contribution in [0.1, 0.15) is 24.2 Å². The SMILES string of the molecule is CCNC(=O)[C@@H](C)OC(=O)c1cc(Cl)cc(Cl)c1N. The molecular weight excluding hydrogens is 291 g/mol. The van der Waals surface area contributed by atoms with Crippen molar-refractivity contribution in [2.75, 3.05) is 12.3 Å². The van der Waals surface area contributed by atoms with Gasteiger partial charge in [-0.1, -0.05) is 23.2 Å². The van der Waals surface area contributed by atoms with Crippen molar-refractivity contribution in [1.29, 1.82) is 0 Å². The number of halogens is 2. The maximum Gasteiger partial charge on any atom is 0.341 e. The van der Waals surface area contributed by atoms with Gasteiger partial charge >= 0.3 is 5.97 Å². The molecule has 0 unspecified atom stereocenters. The summed E-state index contributed by atoms with van der Waals surface area (Å²) >= 11 is 11.6. The summed E-state index contributed by atoms with van der Waals surface area (Å²) in [5, 5.41) is 2.96. The molecule has 0 radical (unpaired) electrons. The Morgan fingerprint density at radius 1 is 1.42 bits per heavy atom. The number of nitrogen functional groups attached to an aromatic ring is 1. The third-order valence-corrected chi connectivity index (χ3v) is 2.85. The molecule has 7 heteroatoms. The number of benzene rings is 1. The van der Waals surface area contributed by atoms with Gasteiger partial charge in [0.1, 0.15) is 0 Å². The Hall–Kier alpha value is -1.46. The highest BCUT2D eigenvalue weighted by Gasteiger charge is 2.21. The van der Waals surface area contributed by atoms with Crippen LogP contribution in [0.15, 0.2) is 12.1 Å². The number of ether oxygens (including phenoxy) is 1. The average Bonchev–Trinajstić information content (AvgIpc) is 2.33. The summed E-state index contributed by atoms with van der Waals surface area (Å²) in [5.41, 5.74) is 5.78. The number of carbonyl (C=O) groups excluding carboxylic acids is 2. The molecule has 0 heterocycles. The van der Waals surface area contributed by atoms with Crippen LogP contribution in [-0.2, 0) is 9.53 Å². The van der Waals surface area contributed by atoms with Gasteiger partial charge < -0.3 is 15.8 Å². The first kappa shape index (κ1) is 15.6. The molecule has 1 rings (SSSR count). The van der Waals surface area contributed by atoms with Crippen LogP contribution in [0.25, 0.3) is 0 Å². The maximum atomic E-state index is 11.9. The number of rotatable bonds is 4. The van der Waals surface area contributed by atoms with Crippen molar-refractivity contribution in [2.45, 2.75) is 20.0 Å². The van der Waals surface area contributed by atoms with Crippen molar-refractivity contribution in [3.8, 4) is 0 Å². The van der Waals surface area contributed by atoms with Crippen molar-refractivity contribution >= 4 is 40.8 Å². The van der Waals surface area contributed by atoms with Crippen molar-refractivity contribution in [3.63, 3.8) is 0 Å². The first-order valence-corrected chi connectivity index (χ1v) is 6.35. The summed E-state index contributed by atoms with van der Waals surface area (Å²) in [5.74, 6) is -1.14. The van der Waals surface area contributed by atoms with E-state index in [1.54, 1.807) is 6.92 Å². The van der Waals surface area contributed by atoms with Gasteiger partial charge in [0.05, 0.1) is 16.3 Å². The zero-order chi connectivity index (χ0) is 14.6. The van der Waals surface area contributed by atoms with E-state index in [0.717, 1.165) is 0 Å². The summed E-state index contributed by atoms with van der Waals surface area (Å²) in [6, 6.07) is 2.76. The number of anilines is 1. The molecule has 104 valence electrons. The summed E-state index contributed by atoms with van der Waals surface area (Å²) in [6.07, 6.45) is -0.926. The minimum atomic E-state index is -0.926. The predicted molar refractivity (Wildman–Crippen MR) is 74.4 cm³/mol. The van der Waals surface area contributed by atoms with Gasteiger partial charge in [-0.05, 0) is 26.0 Å². The number of amides is 1. The fraction of sp³-hybridized carbons (Fsp3) is 0.333. The first-order chi connectivity index (χ1) is 8.86. The number of nitrogens with one attached hydrogen (secondary N) is 1. The molecule has 0 saturated carbocycles. The number of likely N-dealkylation sites (N-methyl/N-ethyl adjacent to an activating group) is 1. The van der Waals surface area contributed by atoms with E-state index in [1.807, 2.05) is 0 Å². The van der Waals surface area contributed by atoms with Crippen LogP contribution in [0.2, 0.25) is 10.0 Å². The first-order valence-electron chi connectivity index (χ1n) is 5.60. The minimum absolute atomic E-state index is 0.0358. The van der Waals surface area contributed by atoms with Crippen molar-refractivity contribution in [2.24, 2.45) is 0 Å². The summed E-state index contributed by atoms with van der Waals surface area (Å²) in [7, 11) is 0. The molecule has 19 heavy (non-hydrogen) atoms. The van der Waals surface area contributed by atoms with Gasteiger partial charge in [0.15, 0.2) is 6.10 Å². The molecule has 1 aromatic carbocycles. The molecular formula is C12H14Cl2N2O3. The van der Waals surface area contributed by atoms with E-state index >= 15 is 0 Å². The highest BCUT2D eigenvalue weighted by Crippen LogP contribution is 2.28. The van der Waals surface area contributed by atoms with Gasteiger partial charge in [0.2, 0.25) is 0 Å². The highest BCUT2D eigenvalue weighted by atomic mass is 35.5. The predicted octanol–water partition coefficient (Wildman–Crippen LogP) is 2.26. The summed E-state index contributed by atoms with van der Waals surface area (Å²) < 4.78 is 4.99. The average molecular weight is 305 g/mol. The molecule has 1 aromatic rings. The molecule has 1 amide bonds. The van der Waals surface area contributed by atoms with Gasteiger partial charge in [0, 0.05) is 11.6 Å². The highest BCUT2D eigenvalue weighted by molar-refractivity contribution is 6.37. The van der Waals surface area contributed by atoms with E-state index in [4.69, 9.17) is 33.7 Å². The molecule has 5 nitrogen and oxygen atoms in total. The lowest BCUT2D eigenvalue weighted by Gasteiger charge is -2.14. The Bertz CT molecular complexity index is 506. The Balaban J connectivity index is 2.87. The second kappa shape index (κ2) is 6.63. The van der Waals surface area contributed by atoms with Crippen LogP contribution in [0.5, 0.6) is 0 Å². The zero-order valence-electron chi connectivity index (χ0n) is 10.5. The number of nitrogens with two attached hydrogens (primary N) is 1. The quantitative estimate of drug-likeness (QED) is 0.660. The fourth-order valence-corrected chi connectivity index (χ4v) is 1.84. The molecule has 0 saturated heterocycles. The molecule has 0 fully saturated rings. The summed E-state index contributed by atoms with van der Waals surface area (Å²) in [6.45, 7) is 3.68. The molecule has 0 bridgehead atoms. The Labute approximate surface area is 121 Å². The van der Waals surface area contributed by atoms with E-state index < -0.39 is 12.1 Å². The minimum Gasteiger partial charge on any atom is -0.449 e. The zero-order valence-corrected chi connectivity index (χ0v) is 12.0. The molecule has 0 aliphatic heterocycles. The van der Waals surface area contributed by atoms with Crippen molar-refractivity contribution < 1.29 is 14.3 Å². The Morgan fingerprint density at radius 3 is 2.63 bits per heavy atom. The maximum absolute atomic E-state index is 11.9. The van der Waals surface area contributed by atoms with E-state index in [9.17, 15) is 9.59 Å². The summed E-state index contributed by atoms with van der Waals surface area (Å²) in [4.78, 5) is 23.3. The van der Waals surface area contributed by atoms with E-state index in [0.29, 0.717) is 6.54 Å². The lowest BCUT2D eigenvalue weighted by atomic mass is 10.2. The van der Waals surface area contributed by atoms with E-state index in [-0.39, 0.29) is 27.2 Å². The Morgan fingerprint density at radius 2 is 2.05 bits per heavy atom. The topological polar surface area (TPSA) is 81.4 Å².